The normalized spacial score (nSPS) is 21.4. The minimum absolute atomic E-state index is 0.264. The predicted octanol–water partition coefficient (Wildman–Crippen LogP) is 2.74. The van der Waals surface area contributed by atoms with E-state index >= 15 is 0 Å². The van der Waals surface area contributed by atoms with Gasteiger partial charge in [0.05, 0.1) is 11.7 Å². The van der Waals surface area contributed by atoms with Gasteiger partial charge in [0.1, 0.15) is 18.1 Å². The highest BCUT2D eigenvalue weighted by atomic mass is 16.5. The molecule has 2 aliphatic heterocycles. The van der Waals surface area contributed by atoms with Gasteiger partial charge in [0.2, 0.25) is 0 Å². The van der Waals surface area contributed by atoms with E-state index in [9.17, 15) is 4.79 Å². The van der Waals surface area contributed by atoms with Crippen molar-refractivity contribution in [2.75, 3.05) is 19.9 Å². The maximum absolute atomic E-state index is 12.1. The molecular weight excluding hydrogens is 294 g/mol. The first-order valence-corrected chi connectivity index (χ1v) is 8.16. The number of rotatable bonds is 2. The van der Waals surface area contributed by atoms with Crippen LogP contribution in [0.4, 0.5) is 0 Å². The van der Waals surface area contributed by atoms with E-state index in [2.05, 4.69) is 4.90 Å². The second-order valence-corrected chi connectivity index (χ2v) is 6.48. The quantitative estimate of drug-likeness (QED) is 0.798. The fourth-order valence-electron chi connectivity index (χ4n) is 3.45. The largest absolute Gasteiger partial charge is 0.478 e. The van der Waals surface area contributed by atoms with Crippen molar-refractivity contribution in [3.8, 4) is 5.75 Å². The van der Waals surface area contributed by atoms with Gasteiger partial charge in [0, 0.05) is 30.6 Å². The highest BCUT2D eigenvalue weighted by Crippen LogP contribution is 2.33. The molecule has 0 saturated carbocycles. The van der Waals surface area contributed by atoms with Crippen molar-refractivity contribution in [1.29, 1.82) is 0 Å². The van der Waals surface area contributed by atoms with Gasteiger partial charge >= 0.3 is 5.63 Å². The number of hydrogen-bond donors (Lipinski definition) is 0. The van der Waals surface area contributed by atoms with E-state index in [4.69, 9.17) is 13.9 Å². The summed E-state index contributed by atoms with van der Waals surface area (Å²) in [7, 11) is 0. The Morgan fingerprint density at radius 3 is 2.91 bits per heavy atom. The molecule has 1 saturated heterocycles. The highest BCUT2D eigenvalue weighted by Gasteiger charge is 2.26. The van der Waals surface area contributed by atoms with E-state index in [1.165, 1.54) is 0 Å². The summed E-state index contributed by atoms with van der Waals surface area (Å²) in [6.45, 7) is 6.75. The fourth-order valence-corrected chi connectivity index (χ4v) is 3.45. The van der Waals surface area contributed by atoms with Crippen LogP contribution in [0.25, 0.3) is 11.0 Å². The van der Waals surface area contributed by atoms with E-state index in [0.717, 1.165) is 54.8 Å². The van der Waals surface area contributed by atoms with Crippen molar-refractivity contribution < 1.29 is 13.9 Å². The van der Waals surface area contributed by atoms with Crippen LogP contribution in [0, 0.1) is 13.8 Å². The first-order valence-electron chi connectivity index (χ1n) is 8.16. The summed E-state index contributed by atoms with van der Waals surface area (Å²) in [5.41, 5.74) is 3.01. The standard InChI is InChI=1S/C18H21NO4/c1-11-12(2)18(20)23-17-14(11)5-6-16-15(17)9-19(10-22-16)8-13-4-3-7-21-13/h5-6,13H,3-4,7-10H2,1-2H3/t13-/m1/s1. The smallest absolute Gasteiger partial charge is 0.339 e. The summed E-state index contributed by atoms with van der Waals surface area (Å²) in [5, 5.41) is 0.989. The minimum Gasteiger partial charge on any atom is -0.478 e. The molecular formula is C18H21NO4. The molecule has 1 aromatic heterocycles. The van der Waals surface area contributed by atoms with Crippen LogP contribution < -0.4 is 10.4 Å². The second kappa shape index (κ2) is 5.65. The number of nitrogens with zero attached hydrogens (tertiary/aromatic N) is 1. The molecule has 2 aliphatic rings. The van der Waals surface area contributed by atoms with Crippen LogP contribution in [-0.4, -0.2) is 30.9 Å². The molecule has 122 valence electrons. The first-order chi connectivity index (χ1) is 11.1. The third kappa shape index (κ3) is 2.54. The van der Waals surface area contributed by atoms with Crippen molar-refractivity contribution in [2.24, 2.45) is 0 Å². The number of ether oxygens (including phenoxy) is 2. The summed E-state index contributed by atoms with van der Waals surface area (Å²) >= 11 is 0. The Hall–Kier alpha value is -1.85. The fraction of sp³-hybridized carbons (Fsp3) is 0.500. The summed E-state index contributed by atoms with van der Waals surface area (Å²) in [5.74, 6) is 0.812. The van der Waals surface area contributed by atoms with E-state index in [1.807, 2.05) is 19.1 Å². The average molecular weight is 315 g/mol. The van der Waals surface area contributed by atoms with Gasteiger partial charge in [0.15, 0.2) is 0 Å². The zero-order valence-electron chi connectivity index (χ0n) is 13.6. The number of benzene rings is 1. The van der Waals surface area contributed by atoms with Crippen molar-refractivity contribution in [3.05, 3.63) is 39.2 Å². The maximum atomic E-state index is 12.1. The molecule has 2 aromatic rings. The number of hydrogen-bond acceptors (Lipinski definition) is 5. The van der Waals surface area contributed by atoms with Gasteiger partial charge in [-0.2, -0.15) is 0 Å². The molecule has 0 bridgehead atoms. The highest BCUT2D eigenvalue weighted by molar-refractivity contribution is 5.85. The van der Waals surface area contributed by atoms with Crippen LogP contribution >= 0.6 is 0 Å². The van der Waals surface area contributed by atoms with Gasteiger partial charge in [-0.3, -0.25) is 4.90 Å². The molecule has 0 N–H and O–H groups in total. The van der Waals surface area contributed by atoms with Crippen LogP contribution in [0.15, 0.2) is 21.3 Å². The third-order valence-corrected chi connectivity index (χ3v) is 4.96. The molecule has 5 nitrogen and oxygen atoms in total. The first kappa shape index (κ1) is 14.7. The van der Waals surface area contributed by atoms with Gasteiger partial charge < -0.3 is 13.9 Å². The third-order valence-electron chi connectivity index (χ3n) is 4.96. The Kier molecular flexibility index (Phi) is 3.62. The van der Waals surface area contributed by atoms with Crippen LogP contribution in [0.3, 0.4) is 0 Å². The summed E-state index contributed by atoms with van der Waals surface area (Å²) in [6, 6.07) is 3.96. The van der Waals surface area contributed by atoms with Gasteiger partial charge in [-0.1, -0.05) is 0 Å². The van der Waals surface area contributed by atoms with Gasteiger partial charge in [-0.05, 0) is 44.4 Å². The Bertz CT molecular complexity index is 805. The second-order valence-electron chi connectivity index (χ2n) is 6.48. The lowest BCUT2D eigenvalue weighted by molar-refractivity contribution is 0.0281. The molecule has 1 atom stereocenters. The summed E-state index contributed by atoms with van der Waals surface area (Å²) < 4.78 is 17.2. The SMILES string of the molecule is Cc1c(C)c2ccc3c(c2oc1=O)CN(C[C@H]1CCCO1)CO3. The lowest BCUT2D eigenvalue weighted by atomic mass is 10.0. The van der Waals surface area contributed by atoms with Crippen molar-refractivity contribution in [2.45, 2.75) is 39.3 Å². The Morgan fingerprint density at radius 2 is 2.13 bits per heavy atom. The zero-order chi connectivity index (χ0) is 16.0. The lowest BCUT2D eigenvalue weighted by Crippen LogP contribution is -2.37. The van der Waals surface area contributed by atoms with Gasteiger partial charge in [0.25, 0.3) is 0 Å². The molecule has 0 unspecified atom stereocenters. The molecule has 3 heterocycles. The van der Waals surface area contributed by atoms with E-state index in [0.29, 0.717) is 17.9 Å². The molecule has 0 amide bonds. The van der Waals surface area contributed by atoms with Crippen molar-refractivity contribution in [1.82, 2.24) is 4.90 Å². The van der Waals surface area contributed by atoms with Crippen LogP contribution in [-0.2, 0) is 11.3 Å². The lowest BCUT2D eigenvalue weighted by Gasteiger charge is -2.30. The minimum atomic E-state index is -0.264. The van der Waals surface area contributed by atoms with E-state index in [1.54, 1.807) is 6.92 Å². The molecule has 1 fully saturated rings. The summed E-state index contributed by atoms with van der Waals surface area (Å²) in [4.78, 5) is 14.3. The molecule has 0 radical (unpaired) electrons. The molecule has 1 aromatic carbocycles. The summed E-state index contributed by atoms with van der Waals surface area (Å²) in [6.07, 6.45) is 2.52. The molecule has 5 heteroatoms. The van der Waals surface area contributed by atoms with Crippen LogP contribution in [0.5, 0.6) is 5.75 Å². The Labute approximate surface area is 134 Å². The number of fused-ring (bicyclic) bond motifs is 3. The van der Waals surface area contributed by atoms with Crippen molar-refractivity contribution in [3.63, 3.8) is 0 Å². The molecule has 0 aliphatic carbocycles. The Morgan fingerprint density at radius 1 is 1.26 bits per heavy atom. The number of aryl methyl sites for hydroxylation is 1. The zero-order valence-corrected chi connectivity index (χ0v) is 13.6. The van der Waals surface area contributed by atoms with Gasteiger partial charge in [-0.15, -0.1) is 0 Å². The molecule has 23 heavy (non-hydrogen) atoms. The maximum Gasteiger partial charge on any atom is 0.339 e. The molecule has 0 spiro atoms. The van der Waals surface area contributed by atoms with E-state index < -0.39 is 0 Å². The Balaban J connectivity index is 1.72. The van der Waals surface area contributed by atoms with Crippen LogP contribution in [0.2, 0.25) is 0 Å². The monoisotopic (exact) mass is 315 g/mol. The predicted molar refractivity (Wildman–Crippen MR) is 86.8 cm³/mol. The van der Waals surface area contributed by atoms with Crippen molar-refractivity contribution >= 4 is 11.0 Å². The van der Waals surface area contributed by atoms with Gasteiger partial charge in [-0.25, -0.2) is 4.79 Å². The average Bonchev–Trinajstić information content (AvgIpc) is 3.05. The topological polar surface area (TPSA) is 51.9 Å². The molecule has 4 rings (SSSR count). The van der Waals surface area contributed by atoms with Crippen LogP contribution in [0.1, 0.15) is 29.5 Å². The van der Waals surface area contributed by atoms with E-state index in [-0.39, 0.29) is 11.7 Å².